The molecule has 0 bridgehead atoms. The lowest BCUT2D eigenvalue weighted by atomic mass is 10.0. The molecule has 1 heterocycles. The lowest BCUT2D eigenvalue weighted by molar-refractivity contribution is 0.149. The van der Waals surface area contributed by atoms with Gasteiger partial charge in [-0.2, -0.15) is 0 Å². The van der Waals surface area contributed by atoms with Gasteiger partial charge in [-0.3, -0.25) is 4.90 Å². The molecule has 0 saturated carbocycles. The summed E-state index contributed by atoms with van der Waals surface area (Å²) in [7, 11) is 0. The first kappa shape index (κ1) is 18.0. The highest BCUT2D eigenvalue weighted by Gasteiger charge is 2.20. The minimum atomic E-state index is -0.925. The number of halogens is 2. The highest BCUT2D eigenvalue weighted by molar-refractivity contribution is 5.20. The fourth-order valence-corrected chi connectivity index (χ4v) is 3.25. The summed E-state index contributed by atoms with van der Waals surface area (Å²) in [5.74, 6) is -1.82. The van der Waals surface area contributed by atoms with Crippen molar-refractivity contribution in [2.24, 2.45) is 0 Å². The maximum atomic E-state index is 13.2. The first-order valence-corrected chi connectivity index (χ1v) is 8.74. The van der Waals surface area contributed by atoms with Crippen LogP contribution in [-0.2, 0) is 6.54 Å². The maximum Gasteiger partial charge on any atom is 0.159 e. The second kappa shape index (κ2) is 8.52. The molecule has 3 rings (SSSR count). The van der Waals surface area contributed by atoms with Crippen LogP contribution in [0.5, 0.6) is 0 Å². The van der Waals surface area contributed by atoms with E-state index >= 15 is 0 Å². The van der Waals surface area contributed by atoms with Crippen LogP contribution in [0.3, 0.4) is 0 Å². The summed E-state index contributed by atoms with van der Waals surface area (Å²) in [5.41, 5.74) is 1.72. The number of nitrogens with zero attached hydrogens (tertiary/aromatic N) is 1. The zero-order valence-electron chi connectivity index (χ0n) is 14.2. The summed E-state index contributed by atoms with van der Waals surface area (Å²) in [5, 5.41) is 13.5. The van der Waals surface area contributed by atoms with Gasteiger partial charge in [0, 0.05) is 19.1 Å². The largest absolute Gasteiger partial charge is 0.387 e. The molecule has 1 fully saturated rings. The molecule has 0 aliphatic carbocycles. The van der Waals surface area contributed by atoms with E-state index in [1.165, 1.54) is 11.6 Å². The summed E-state index contributed by atoms with van der Waals surface area (Å²) >= 11 is 0. The first-order chi connectivity index (χ1) is 12.1. The Morgan fingerprint density at radius 1 is 1.04 bits per heavy atom. The van der Waals surface area contributed by atoms with Gasteiger partial charge in [-0.05, 0) is 49.2 Å². The minimum absolute atomic E-state index is 0.340. The number of likely N-dealkylation sites (tertiary alicyclic amines) is 1. The van der Waals surface area contributed by atoms with Gasteiger partial charge in [-0.25, -0.2) is 8.78 Å². The van der Waals surface area contributed by atoms with Crippen molar-refractivity contribution < 1.29 is 13.9 Å². The quantitative estimate of drug-likeness (QED) is 0.843. The summed E-state index contributed by atoms with van der Waals surface area (Å²) in [4.78, 5) is 2.43. The number of benzene rings is 2. The van der Waals surface area contributed by atoms with Gasteiger partial charge in [0.05, 0.1) is 6.10 Å². The van der Waals surface area contributed by atoms with E-state index in [1.54, 1.807) is 0 Å². The molecule has 2 N–H and O–H groups in total. The van der Waals surface area contributed by atoms with Gasteiger partial charge in [-0.1, -0.05) is 36.4 Å². The van der Waals surface area contributed by atoms with Crippen LogP contribution in [0.1, 0.15) is 30.1 Å². The lowest BCUT2D eigenvalue weighted by Gasteiger charge is -2.33. The fourth-order valence-electron chi connectivity index (χ4n) is 3.25. The number of hydrogen-bond donors (Lipinski definition) is 2. The Hall–Kier alpha value is -1.82. The molecule has 0 aromatic heterocycles. The smallest absolute Gasteiger partial charge is 0.159 e. The molecule has 25 heavy (non-hydrogen) atoms. The number of nitrogens with one attached hydrogen (secondary N) is 1. The van der Waals surface area contributed by atoms with E-state index in [2.05, 4.69) is 34.5 Å². The van der Waals surface area contributed by atoms with Crippen LogP contribution in [0.15, 0.2) is 48.5 Å². The van der Waals surface area contributed by atoms with E-state index < -0.39 is 17.7 Å². The number of piperidine rings is 1. The van der Waals surface area contributed by atoms with Crippen LogP contribution in [0, 0.1) is 11.6 Å². The van der Waals surface area contributed by atoms with Crippen LogP contribution in [-0.4, -0.2) is 35.7 Å². The predicted octanol–water partition coefficient (Wildman–Crippen LogP) is 3.25. The van der Waals surface area contributed by atoms with Crippen molar-refractivity contribution in [1.82, 2.24) is 10.2 Å². The Morgan fingerprint density at radius 3 is 2.44 bits per heavy atom. The normalized spacial score (nSPS) is 17.6. The Bertz CT molecular complexity index is 673. The maximum absolute atomic E-state index is 13.2. The van der Waals surface area contributed by atoms with Gasteiger partial charge in [0.2, 0.25) is 0 Å². The van der Waals surface area contributed by atoms with Gasteiger partial charge < -0.3 is 10.4 Å². The van der Waals surface area contributed by atoms with E-state index in [0.717, 1.165) is 44.6 Å². The number of hydrogen-bond acceptors (Lipinski definition) is 3. The van der Waals surface area contributed by atoms with Gasteiger partial charge in [0.25, 0.3) is 0 Å². The Morgan fingerprint density at radius 2 is 1.76 bits per heavy atom. The van der Waals surface area contributed by atoms with E-state index in [1.807, 2.05) is 6.07 Å². The fraction of sp³-hybridized carbons (Fsp3) is 0.400. The van der Waals surface area contributed by atoms with Crippen LogP contribution in [0.4, 0.5) is 8.78 Å². The van der Waals surface area contributed by atoms with Gasteiger partial charge in [-0.15, -0.1) is 0 Å². The van der Waals surface area contributed by atoms with Crippen LogP contribution >= 0.6 is 0 Å². The van der Waals surface area contributed by atoms with Crippen LogP contribution < -0.4 is 5.32 Å². The molecule has 1 aliphatic heterocycles. The second-order valence-corrected chi connectivity index (χ2v) is 6.63. The second-order valence-electron chi connectivity index (χ2n) is 6.63. The molecule has 0 amide bonds. The topological polar surface area (TPSA) is 35.5 Å². The SMILES string of the molecule is O[C@@H](CNC1CCN(Cc2ccccc2)CC1)c1ccc(F)c(F)c1. The van der Waals surface area contributed by atoms with Crippen molar-refractivity contribution in [1.29, 1.82) is 0 Å². The summed E-state index contributed by atoms with van der Waals surface area (Å²) < 4.78 is 26.2. The van der Waals surface area contributed by atoms with Gasteiger partial charge in [0.1, 0.15) is 0 Å². The van der Waals surface area contributed by atoms with Crippen molar-refractivity contribution in [2.45, 2.75) is 31.5 Å². The average molecular weight is 346 g/mol. The minimum Gasteiger partial charge on any atom is -0.387 e. The molecule has 134 valence electrons. The molecular weight excluding hydrogens is 322 g/mol. The number of aliphatic hydroxyl groups excluding tert-OH is 1. The third-order valence-corrected chi connectivity index (χ3v) is 4.76. The first-order valence-electron chi connectivity index (χ1n) is 8.74. The standard InChI is InChI=1S/C20H24F2N2O/c21-18-7-6-16(12-19(18)22)20(25)13-23-17-8-10-24(11-9-17)14-15-4-2-1-3-5-15/h1-7,12,17,20,23,25H,8-11,13-14H2/t20-/m0/s1. The molecule has 0 unspecified atom stereocenters. The number of aliphatic hydroxyl groups is 1. The zero-order valence-corrected chi connectivity index (χ0v) is 14.2. The number of rotatable bonds is 6. The zero-order chi connectivity index (χ0) is 17.6. The van der Waals surface area contributed by atoms with Crippen LogP contribution in [0.25, 0.3) is 0 Å². The van der Waals surface area contributed by atoms with Crippen molar-refractivity contribution in [3.8, 4) is 0 Å². The van der Waals surface area contributed by atoms with Gasteiger partial charge >= 0.3 is 0 Å². The Kier molecular flexibility index (Phi) is 6.13. The molecule has 0 radical (unpaired) electrons. The molecule has 2 aromatic carbocycles. The summed E-state index contributed by atoms with van der Waals surface area (Å²) in [6.07, 6.45) is 1.19. The molecule has 1 saturated heterocycles. The highest BCUT2D eigenvalue weighted by atomic mass is 19.2. The molecule has 1 atom stereocenters. The Balaban J connectivity index is 1.42. The predicted molar refractivity (Wildman–Crippen MR) is 94.1 cm³/mol. The van der Waals surface area contributed by atoms with Crippen molar-refractivity contribution in [3.05, 3.63) is 71.3 Å². The molecule has 2 aromatic rings. The monoisotopic (exact) mass is 346 g/mol. The highest BCUT2D eigenvalue weighted by Crippen LogP contribution is 2.18. The molecule has 1 aliphatic rings. The molecular formula is C20H24F2N2O. The Labute approximate surface area is 147 Å². The molecule has 0 spiro atoms. The van der Waals surface area contributed by atoms with E-state index in [-0.39, 0.29) is 0 Å². The van der Waals surface area contributed by atoms with Crippen molar-refractivity contribution >= 4 is 0 Å². The van der Waals surface area contributed by atoms with E-state index in [4.69, 9.17) is 0 Å². The van der Waals surface area contributed by atoms with Gasteiger partial charge in [0.15, 0.2) is 11.6 Å². The molecule has 5 heteroatoms. The van der Waals surface area contributed by atoms with E-state index in [0.29, 0.717) is 18.2 Å². The third kappa shape index (κ3) is 5.08. The van der Waals surface area contributed by atoms with Crippen molar-refractivity contribution in [3.63, 3.8) is 0 Å². The average Bonchev–Trinajstić information content (AvgIpc) is 2.64. The van der Waals surface area contributed by atoms with Crippen LogP contribution in [0.2, 0.25) is 0 Å². The third-order valence-electron chi connectivity index (χ3n) is 4.76. The molecule has 3 nitrogen and oxygen atoms in total. The summed E-state index contributed by atoms with van der Waals surface area (Å²) in [6, 6.07) is 14.3. The lowest BCUT2D eigenvalue weighted by Crippen LogP contribution is -2.43. The van der Waals surface area contributed by atoms with Crippen molar-refractivity contribution in [2.75, 3.05) is 19.6 Å². The summed E-state index contributed by atoms with van der Waals surface area (Å²) in [6.45, 7) is 3.32. The van der Waals surface area contributed by atoms with E-state index in [9.17, 15) is 13.9 Å².